The summed E-state index contributed by atoms with van der Waals surface area (Å²) in [6, 6.07) is 13.1. The molecule has 42 heavy (non-hydrogen) atoms. The molecule has 2 aliphatic rings. The fourth-order valence-electron chi connectivity index (χ4n) is 5.44. The number of rotatable bonds is 8. The third-order valence-electron chi connectivity index (χ3n) is 7.66. The number of hydrogen-bond acceptors (Lipinski definition) is 4. The van der Waals surface area contributed by atoms with Crippen molar-refractivity contribution in [1.82, 2.24) is 0 Å². The summed E-state index contributed by atoms with van der Waals surface area (Å²) in [5, 5.41) is 0. The monoisotopic (exact) mass is 598 g/mol. The highest BCUT2D eigenvalue weighted by Crippen LogP contribution is 2.44. The van der Waals surface area contributed by atoms with E-state index in [1.807, 2.05) is 31.2 Å². The van der Waals surface area contributed by atoms with Crippen molar-refractivity contribution >= 4 is 0 Å². The molecule has 0 atom stereocenters. The Morgan fingerprint density at radius 2 is 1.38 bits per heavy atom. The van der Waals surface area contributed by atoms with Crippen LogP contribution < -0.4 is 9.47 Å². The van der Waals surface area contributed by atoms with Crippen molar-refractivity contribution in [3.05, 3.63) is 83.2 Å². The lowest BCUT2D eigenvalue weighted by Crippen LogP contribution is -2.37. The van der Waals surface area contributed by atoms with Crippen LogP contribution in [0.2, 0.25) is 0 Å². The van der Waals surface area contributed by atoms with E-state index in [9.17, 15) is 26.3 Å². The summed E-state index contributed by atoms with van der Waals surface area (Å²) in [6.07, 6.45) is -3.78. The van der Waals surface area contributed by atoms with Gasteiger partial charge in [0.25, 0.3) is 0 Å². The molecule has 0 bridgehead atoms. The van der Waals surface area contributed by atoms with E-state index in [1.165, 1.54) is 6.07 Å². The van der Waals surface area contributed by atoms with Crippen LogP contribution in [0, 0.1) is 29.3 Å². The van der Waals surface area contributed by atoms with Crippen molar-refractivity contribution in [2.45, 2.75) is 57.5 Å². The second-order valence-electron chi connectivity index (χ2n) is 10.8. The second-order valence-corrected chi connectivity index (χ2v) is 10.8. The molecule has 1 aliphatic heterocycles. The molecule has 1 saturated heterocycles. The molecule has 0 spiro atoms. The molecule has 1 saturated carbocycles. The molecule has 4 nitrogen and oxygen atoms in total. The molecule has 1 aliphatic carbocycles. The van der Waals surface area contributed by atoms with E-state index in [0.29, 0.717) is 42.4 Å². The third kappa shape index (κ3) is 6.83. The van der Waals surface area contributed by atoms with Gasteiger partial charge in [0.2, 0.25) is 0 Å². The highest BCUT2D eigenvalue weighted by Gasteiger charge is 2.44. The minimum atomic E-state index is -3.80. The zero-order valence-corrected chi connectivity index (χ0v) is 22.6. The average Bonchev–Trinajstić information content (AvgIpc) is 2.95. The maximum Gasteiger partial charge on any atom is 0.400 e. The van der Waals surface area contributed by atoms with Crippen LogP contribution in [0.3, 0.4) is 0 Å². The molecule has 3 aromatic carbocycles. The van der Waals surface area contributed by atoms with Crippen molar-refractivity contribution in [1.29, 1.82) is 0 Å². The standard InChI is InChI=1S/C31H29F7O4/c1-17-15-39-29(40-16-17)20-4-2-18(3-5-20)21-8-11-24(25(32)12-21)19-6-9-22(10-7-19)31(37,38)42-23-13-26(33)28(27(34)14-23)41-30(35)36/h2-5,8,11-14,17,19,22,29-30H,6-7,9-10,15-16H2,1H3. The van der Waals surface area contributed by atoms with Gasteiger partial charge in [-0.25, -0.2) is 13.2 Å². The molecular formula is C31H29F7O4. The molecule has 0 unspecified atom stereocenters. The average molecular weight is 599 g/mol. The van der Waals surface area contributed by atoms with Crippen LogP contribution >= 0.6 is 0 Å². The van der Waals surface area contributed by atoms with Crippen LogP contribution in [0.25, 0.3) is 11.1 Å². The number of benzene rings is 3. The lowest BCUT2D eigenvalue weighted by atomic mass is 9.77. The molecule has 0 N–H and O–H groups in total. The van der Waals surface area contributed by atoms with E-state index in [4.69, 9.17) is 9.47 Å². The minimum Gasteiger partial charge on any atom is -0.432 e. The van der Waals surface area contributed by atoms with Gasteiger partial charge in [-0.2, -0.15) is 17.6 Å². The van der Waals surface area contributed by atoms with Crippen LogP contribution in [-0.2, 0) is 9.47 Å². The first kappa shape index (κ1) is 30.2. The Balaban J connectivity index is 1.19. The Morgan fingerprint density at radius 1 is 0.786 bits per heavy atom. The van der Waals surface area contributed by atoms with Gasteiger partial charge in [0, 0.05) is 23.6 Å². The molecule has 2 fully saturated rings. The van der Waals surface area contributed by atoms with Crippen molar-refractivity contribution in [3.63, 3.8) is 0 Å². The van der Waals surface area contributed by atoms with Crippen LogP contribution in [0.1, 0.15) is 55.9 Å². The second kappa shape index (κ2) is 12.5. The van der Waals surface area contributed by atoms with E-state index in [-0.39, 0.29) is 31.6 Å². The summed E-state index contributed by atoms with van der Waals surface area (Å²) in [6.45, 7) is -0.228. The summed E-state index contributed by atoms with van der Waals surface area (Å²) in [7, 11) is 0. The molecule has 0 aromatic heterocycles. The topological polar surface area (TPSA) is 36.9 Å². The Bertz CT molecular complexity index is 1340. The van der Waals surface area contributed by atoms with E-state index < -0.39 is 53.9 Å². The lowest BCUT2D eigenvalue weighted by molar-refractivity contribution is -0.222. The smallest absolute Gasteiger partial charge is 0.400 e. The Morgan fingerprint density at radius 3 is 1.95 bits per heavy atom. The number of halogens is 7. The number of hydrogen-bond donors (Lipinski definition) is 0. The van der Waals surface area contributed by atoms with Crippen molar-refractivity contribution < 1.29 is 49.7 Å². The summed E-state index contributed by atoms with van der Waals surface area (Å²) < 4.78 is 117. The van der Waals surface area contributed by atoms with Gasteiger partial charge in [-0.1, -0.05) is 43.3 Å². The summed E-state index contributed by atoms with van der Waals surface area (Å²) in [5.74, 6) is -7.13. The number of alkyl halides is 4. The van der Waals surface area contributed by atoms with Crippen molar-refractivity contribution in [2.24, 2.45) is 11.8 Å². The zero-order chi connectivity index (χ0) is 30.0. The predicted molar refractivity (Wildman–Crippen MR) is 139 cm³/mol. The fraction of sp³-hybridized carbons (Fsp3) is 0.419. The normalized spacial score (nSPS) is 23.2. The largest absolute Gasteiger partial charge is 0.432 e. The molecule has 5 rings (SSSR count). The van der Waals surface area contributed by atoms with Gasteiger partial charge in [0.1, 0.15) is 11.6 Å². The van der Waals surface area contributed by atoms with E-state index >= 15 is 4.39 Å². The Kier molecular flexibility index (Phi) is 8.98. The molecule has 0 amide bonds. The van der Waals surface area contributed by atoms with Crippen LogP contribution in [0.5, 0.6) is 11.5 Å². The first-order chi connectivity index (χ1) is 20.0. The molecule has 0 radical (unpaired) electrons. The first-order valence-electron chi connectivity index (χ1n) is 13.6. The van der Waals surface area contributed by atoms with E-state index in [2.05, 4.69) is 9.47 Å². The molecule has 11 heteroatoms. The quantitative estimate of drug-likeness (QED) is 0.243. The summed E-state index contributed by atoms with van der Waals surface area (Å²) >= 11 is 0. The van der Waals surface area contributed by atoms with E-state index in [1.54, 1.807) is 12.1 Å². The fourth-order valence-corrected chi connectivity index (χ4v) is 5.44. The first-order valence-corrected chi connectivity index (χ1v) is 13.6. The van der Waals surface area contributed by atoms with Crippen LogP contribution in [-0.4, -0.2) is 25.9 Å². The van der Waals surface area contributed by atoms with Gasteiger partial charge in [-0.15, -0.1) is 0 Å². The molecule has 1 heterocycles. The van der Waals surface area contributed by atoms with Gasteiger partial charge >= 0.3 is 12.7 Å². The maximum absolute atomic E-state index is 15.2. The van der Waals surface area contributed by atoms with Gasteiger partial charge in [0.05, 0.1) is 19.1 Å². The highest BCUT2D eigenvalue weighted by atomic mass is 19.3. The van der Waals surface area contributed by atoms with Gasteiger partial charge < -0.3 is 18.9 Å². The van der Waals surface area contributed by atoms with Crippen molar-refractivity contribution in [2.75, 3.05) is 13.2 Å². The number of ether oxygens (including phenoxy) is 4. The van der Waals surface area contributed by atoms with Gasteiger partial charge in [0.15, 0.2) is 23.7 Å². The predicted octanol–water partition coefficient (Wildman–Crippen LogP) is 9.00. The lowest BCUT2D eigenvalue weighted by Gasteiger charge is -2.33. The maximum atomic E-state index is 15.2. The SMILES string of the molecule is CC1COC(c2ccc(-c3ccc(C4CCC(C(F)(F)Oc5cc(F)c(OC(F)F)c(F)c5)CC4)c(F)c3)cc2)OC1. The molecule has 3 aromatic rings. The highest BCUT2D eigenvalue weighted by molar-refractivity contribution is 5.64. The minimum absolute atomic E-state index is 0.0258. The van der Waals surface area contributed by atoms with E-state index in [0.717, 1.165) is 11.1 Å². The Labute approximate surface area is 238 Å². The van der Waals surface area contributed by atoms with Crippen LogP contribution in [0.15, 0.2) is 54.6 Å². The molecule has 226 valence electrons. The van der Waals surface area contributed by atoms with Gasteiger partial charge in [-0.3, -0.25) is 0 Å². The summed E-state index contributed by atoms with van der Waals surface area (Å²) in [4.78, 5) is 0. The molecular weight excluding hydrogens is 569 g/mol. The zero-order valence-electron chi connectivity index (χ0n) is 22.6. The summed E-state index contributed by atoms with van der Waals surface area (Å²) in [5.41, 5.74) is 2.76. The van der Waals surface area contributed by atoms with Crippen LogP contribution in [0.4, 0.5) is 30.7 Å². The Hall–Kier alpha value is -3.31. The third-order valence-corrected chi connectivity index (χ3v) is 7.66. The van der Waals surface area contributed by atoms with Crippen molar-refractivity contribution in [3.8, 4) is 22.6 Å². The van der Waals surface area contributed by atoms with Gasteiger partial charge in [-0.05, 0) is 54.4 Å².